The van der Waals surface area contributed by atoms with Crippen molar-refractivity contribution in [1.29, 1.82) is 0 Å². The van der Waals surface area contributed by atoms with E-state index in [4.69, 9.17) is 5.73 Å². The summed E-state index contributed by atoms with van der Waals surface area (Å²) in [6.45, 7) is 2.01. The molecule has 0 fully saturated rings. The van der Waals surface area contributed by atoms with Crippen LogP contribution in [0.25, 0.3) is 0 Å². The summed E-state index contributed by atoms with van der Waals surface area (Å²) in [5.41, 5.74) is 6.61. The van der Waals surface area contributed by atoms with Crippen LogP contribution in [-0.2, 0) is 0 Å². The molecule has 5 heteroatoms. The molecule has 0 saturated carbocycles. The average molecular weight is 242 g/mol. The van der Waals surface area contributed by atoms with Gasteiger partial charge >= 0.3 is 0 Å². The minimum Gasteiger partial charge on any atom is -0.366 e. The molecule has 0 aliphatic heterocycles. The number of primary amides is 1. The van der Waals surface area contributed by atoms with Gasteiger partial charge in [-0.3, -0.25) is 9.78 Å². The molecule has 1 amide bonds. The summed E-state index contributed by atoms with van der Waals surface area (Å²) in [5.74, 6) is 0.214. The summed E-state index contributed by atoms with van der Waals surface area (Å²) < 4.78 is 0. The number of nitrogens with two attached hydrogens (primary N) is 1. The van der Waals surface area contributed by atoms with Crippen molar-refractivity contribution >= 4 is 11.7 Å². The third-order valence-corrected chi connectivity index (χ3v) is 2.60. The van der Waals surface area contributed by atoms with Crippen LogP contribution in [0.1, 0.15) is 28.9 Å². The van der Waals surface area contributed by atoms with Gasteiger partial charge in [-0.05, 0) is 30.7 Å². The van der Waals surface area contributed by atoms with E-state index in [9.17, 15) is 4.79 Å². The van der Waals surface area contributed by atoms with E-state index in [-0.39, 0.29) is 6.04 Å². The number of rotatable bonds is 4. The van der Waals surface area contributed by atoms with Crippen LogP contribution in [0.4, 0.5) is 5.82 Å². The molecule has 0 aliphatic rings. The number of amides is 1. The molecule has 92 valence electrons. The second-order valence-electron chi connectivity index (χ2n) is 3.95. The fourth-order valence-electron chi connectivity index (χ4n) is 1.56. The number of carbonyl (C=O) groups excluding carboxylic acids is 1. The SMILES string of the molecule is CC(Nc1ccc(C(N)=O)cn1)c1cccnc1. The molecule has 3 N–H and O–H groups in total. The summed E-state index contributed by atoms with van der Waals surface area (Å²) >= 11 is 0. The van der Waals surface area contributed by atoms with Gasteiger partial charge < -0.3 is 11.1 Å². The summed E-state index contributed by atoms with van der Waals surface area (Å²) in [6, 6.07) is 7.34. The molecular formula is C13H14N4O. The molecule has 2 rings (SSSR count). The number of pyridine rings is 2. The zero-order valence-corrected chi connectivity index (χ0v) is 10.00. The van der Waals surface area contributed by atoms with Crippen molar-refractivity contribution in [3.8, 4) is 0 Å². The molecule has 2 aromatic heterocycles. The van der Waals surface area contributed by atoms with Gasteiger partial charge in [-0.1, -0.05) is 6.07 Å². The number of hydrogen-bond acceptors (Lipinski definition) is 4. The lowest BCUT2D eigenvalue weighted by Crippen LogP contribution is -2.12. The van der Waals surface area contributed by atoms with Crippen molar-refractivity contribution in [2.45, 2.75) is 13.0 Å². The fraction of sp³-hybridized carbons (Fsp3) is 0.154. The van der Waals surface area contributed by atoms with E-state index in [0.717, 1.165) is 5.56 Å². The van der Waals surface area contributed by atoms with Crippen molar-refractivity contribution < 1.29 is 4.79 Å². The first kappa shape index (κ1) is 12.0. The zero-order chi connectivity index (χ0) is 13.0. The van der Waals surface area contributed by atoms with Gasteiger partial charge in [0, 0.05) is 18.6 Å². The van der Waals surface area contributed by atoms with Crippen molar-refractivity contribution in [3.05, 3.63) is 54.0 Å². The second-order valence-corrected chi connectivity index (χ2v) is 3.95. The van der Waals surface area contributed by atoms with E-state index in [2.05, 4.69) is 15.3 Å². The lowest BCUT2D eigenvalue weighted by atomic mass is 10.1. The van der Waals surface area contributed by atoms with Crippen LogP contribution in [-0.4, -0.2) is 15.9 Å². The van der Waals surface area contributed by atoms with E-state index < -0.39 is 5.91 Å². The fourth-order valence-corrected chi connectivity index (χ4v) is 1.56. The first-order chi connectivity index (χ1) is 8.66. The van der Waals surface area contributed by atoms with Crippen molar-refractivity contribution in [2.24, 2.45) is 5.73 Å². The first-order valence-electron chi connectivity index (χ1n) is 5.59. The molecule has 2 aromatic rings. The number of nitrogens with one attached hydrogen (secondary N) is 1. The Bertz CT molecular complexity index is 524. The lowest BCUT2D eigenvalue weighted by molar-refractivity contribution is 0.1000. The third kappa shape index (κ3) is 2.82. The molecule has 0 aromatic carbocycles. The van der Waals surface area contributed by atoms with Crippen molar-refractivity contribution in [2.75, 3.05) is 5.32 Å². The standard InChI is InChI=1S/C13H14N4O/c1-9(10-3-2-6-15-7-10)17-12-5-4-11(8-16-12)13(14)18/h2-9H,1H3,(H2,14,18)(H,16,17). The maximum absolute atomic E-state index is 10.9. The van der Waals surface area contributed by atoms with Crippen LogP contribution in [0.15, 0.2) is 42.9 Å². The summed E-state index contributed by atoms with van der Waals surface area (Å²) in [7, 11) is 0. The maximum Gasteiger partial charge on any atom is 0.250 e. The van der Waals surface area contributed by atoms with E-state index in [1.54, 1.807) is 24.5 Å². The predicted molar refractivity (Wildman–Crippen MR) is 69.0 cm³/mol. The highest BCUT2D eigenvalue weighted by Gasteiger charge is 2.06. The van der Waals surface area contributed by atoms with Gasteiger partial charge in [0.25, 0.3) is 0 Å². The number of carbonyl (C=O) groups is 1. The number of aromatic nitrogens is 2. The molecule has 18 heavy (non-hydrogen) atoms. The molecule has 0 aliphatic carbocycles. The van der Waals surface area contributed by atoms with Crippen LogP contribution in [0.5, 0.6) is 0 Å². The molecule has 0 spiro atoms. The van der Waals surface area contributed by atoms with Gasteiger partial charge in [0.1, 0.15) is 5.82 Å². The molecule has 0 radical (unpaired) electrons. The Labute approximate surface area is 105 Å². The van der Waals surface area contributed by atoms with Gasteiger partial charge in [0.2, 0.25) is 5.91 Å². The van der Waals surface area contributed by atoms with Gasteiger partial charge in [-0.2, -0.15) is 0 Å². The van der Waals surface area contributed by atoms with Gasteiger partial charge in [-0.25, -0.2) is 4.98 Å². The highest BCUT2D eigenvalue weighted by atomic mass is 16.1. The maximum atomic E-state index is 10.9. The normalized spacial score (nSPS) is 11.8. The smallest absolute Gasteiger partial charge is 0.250 e. The number of nitrogens with zero attached hydrogens (tertiary/aromatic N) is 2. The van der Waals surface area contributed by atoms with Crippen LogP contribution in [0.3, 0.4) is 0 Å². The Hall–Kier alpha value is -2.43. The molecule has 2 heterocycles. The lowest BCUT2D eigenvalue weighted by Gasteiger charge is -2.14. The molecule has 1 unspecified atom stereocenters. The number of anilines is 1. The Kier molecular flexibility index (Phi) is 3.52. The van der Waals surface area contributed by atoms with Gasteiger partial charge in [0.15, 0.2) is 0 Å². The summed E-state index contributed by atoms with van der Waals surface area (Å²) in [6.07, 6.45) is 4.99. The predicted octanol–water partition coefficient (Wildman–Crippen LogP) is 1.75. The second kappa shape index (κ2) is 5.27. The van der Waals surface area contributed by atoms with Crippen LogP contribution < -0.4 is 11.1 Å². The Morgan fingerprint density at radius 2 is 2.17 bits per heavy atom. The van der Waals surface area contributed by atoms with Crippen LogP contribution >= 0.6 is 0 Å². The Morgan fingerprint density at radius 1 is 1.33 bits per heavy atom. The largest absolute Gasteiger partial charge is 0.366 e. The van der Waals surface area contributed by atoms with Crippen LogP contribution in [0, 0.1) is 0 Å². The summed E-state index contributed by atoms with van der Waals surface area (Å²) in [5, 5.41) is 3.22. The molecule has 1 atom stereocenters. The molecule has 0 saturated heterocycles. The zero-order valence-electron chi connectivity index (χ0n) is 10.00. The first-order valence-corrected chi connectivity index (χ1v) is 5.59. The van der Waals surface area contributed by atoms with E-state index in [0.29, 0.717) is 11.4 Å². The Morgan fingerprint density at radius 3 is 2.72 bits per heavy atom. The third-order valence-electron chi connectivity index (χ3n) is 2.60. The molecule has 5 nitrogen and oxygen atoms in total. The Balaban J connectivity index is 2.08. The van der Waals surface area contributed by atoms with Gasteiger partial charge in [-0.15, -0.1) is 0 Å². The van der Waals surface area contributed by atoms with E-state index in [1.165, 1.54) is 6.20 Å². The van der Waals surface area contributed by atoms with Crippen molar-refractivity contribution in [3.63, 3.8) is 0 Å². The summed E-state index contributed by atoms with van der Waals surface area (Å²) in [4.78, 5) is 19.1. The van der Waals surface area contributed by atoms with E-state index in [1.807, 2.05) is 19.1 Å². The average Bonchev–Trinajstić information content (AvgIpc) is 2.40. The molecule has 0 bridgehead atoms. The quantitative estimate of drug-likeness (QED) is 0.855. The van der Waals surface area contributed by atoms with Gasteiger partial charge in [0.05, 0.1) is 11.6 Å². The van der Waals surface area contributed by atoms with E-state index >= 15 is 0 Å². The molecular weight excluding hydrogens is 228 g/mol. The minimum atomic E-state index is -0.477. The highest BCUT2D eigenvalue weighted by molar-refractivity contribution is 5.92. The van der Waals surface area contributed by atoms with Crippen LogP contribution in [0.2, 0.25) is 0 Å². The van der Waals surface area contributed by atoms with Crippen molar-refractivity contribution in [1.82, 2.24) is 9.97 Å². The number of hydrogen-bond donors (Lipinski definition) is 2. The monoisotopic (exact) mass is 242 g/mol. The topological polar surface area (TPSA) is 80.9 Å². The minimum absolute atomic E-state index is 0.0885. The highest BCUT2D eigenvalue weighted by Crippen LogP contribution is 2.16.